The molecule has 0 saturated carbocycles. The fraction of sp³-hybridized carbons (Fsp3) is 0.0714. The van der Waals surface area contributed by atoms with Gasteiger partial charge in [-0.25, -0.2) is 4.39 Å². The van der Waals surface area contributed by atoms with E-state index < -0.39 is 11.7 Å². The van der Waals surface area contributed by atoms with Gasteiger partial charge in [-0.1, -0.05) is 29.3 Å². The van der Waals surface area contributed by atoms with Gasteiger partial charge in [0.25, 0.3) is 5.91 Å². The molecule has 0 atom stereocenters. The number of rotatable bonds is 2. The summed E-state index contributed by atoms with van der Waals surface area (Å²) in [5.41, 5.74) is 1.44. The zero-order chi connectivity index (χ0) is 14.9. The van der Waals surface area contributed by atoms with Crippen LogP contribution in [0, 0.1) is 12.7 Å². The number of carbonyl (C=O) groups is 1. The second-order valence-electron chi connectivity index (χ2n) is 4.14. The van der Waals surface area contributed by atoms with Gasteiger partial charge in [0, 0.05) is 5.56 Å². The summed E-state index contributed by atoms with van der Waals surface area (Å²) in [5, 5.41) is 3.36. The fourth-order valence-electron chi connectivity index (χ4n) is 1.59. The highest BCUT2D eigenvalue weighted by Gasteiger charge is 2.14. The van der Waals surface area contributed by atoms with Crippen molar-refractivity contribution in [3.8, 4) is 0 Å². The summed E-state index contributed by atoms with van der Waals surface area (Å²) in [7, 11) is 0. The molecule has 0 radical (unpaired) electrons. The minimum atomic E-state index is -0.437. The van der Waals surface area contributed by atoms with E-state index in [4.69, 9.17) is 23.2 Å². The van der Waals surface area contributed by atoms with E-state index >= 15 is 0 Å². The minimum Gasteiger partial charge on any atom is -0.319 e. The molecule has 6 heteroatoms. The van der Waals surface area contributed by atoms with Crippen molar-refractivity contribution in [1.29, 1.82) is 0 Å². The predicted octanol–water partition coefficient (Wildman–Crippen LogP) is 5.46. The number of aryl methyl sites for hydroxylation is 1. The smallest absolute Gasteiger partial charge is 0.255 e. The first-order chi connectivity index (χ1) is 9.40. The minimum absolute atomic E-state index is 0.214. The molecule has 0 fully saturated rings. The normalized spacial score (nSPS) is 10.4. The zero-order valence-electron chi connectivity index (χ0n) is 10.3. The van der Waals surface area contributed by atoms with Crippen LogP contribution >= 0.6 is 39.1 Å². The highest BCUT2D eigenvalue weighted by Crippen LogP contribution is 2.33. The van der Waals surface area contributed by atoms with Crippen molar-refractivity contribution in [2.45, 2.75) is 6.92 Å². The number of anilines is 1. The molecule has 0 aliphatic carbocycles. The molecule has 1 amide bonds. The van der Waals surface area contributed by atoms with Crippen molar-refractivity contribution in [3.63, 3.8) is 0 Å². The van der Waals surface area contributed by atoms with Crippen molar-refractivity contribution in [1.82, 2.24) is 0 Å². The molecule has 2 aromatic carbocycles. The number of hydrogen-bond donors (Lipinski definition) is 1. The van der Waals surface area contributed by atoms with Gasteiger partial charge in [-0.15, -0.1) is 0 Å². The van der Waals surface area contributed by atoms with E-state index in [1.165, 1.54) is 18.2 Å². The highest BCUT2D eigenvalue weighted by molar-refractivity contribution is 9.10. The lowest BCUT2D eigenvalue weighted by atomic mass is 10.2. The van der Waals surface area contributed by atoms with Gasteiger partial charge in [0.1, 0.15) is 5.82 Å². The standard InChI is InChI=1S/C14H9BrCl2FNO/c1-7-2-4-10(16)13(12(7)17)19-14(20)8-3-5-11(18)9(15)6-8/h2-6H,1H3,(H,19,20). The fourth-order valence-corrected chi connectivity index (χ4v) is 2.44. The maximum absolute atomic E-state index is 13.1. The van der Waals surface area contributed by atoms with Crippen LogP contribution < -0.4 is 5.32 Å². The molecule has 0 aromatic heterocycles. The first-order valence-corrected chi connectivity index (χ1v) is 7.16. The Balaban J connectivity index is 2.32. The molecule has 0 bridgehead atoms. The molecule has 0 spiro atoms. The monoisotopic (exact) mass is 375 g/mol. The Labute approximate surface area is 134 Å². The van der Waals surface area contributed by atoms with Crippen LogP contribution in [0.4, 0.5) is 10.1 Å². The number of carbonyl (C=O) groups excluding carboxylic acids is 1. The average molecular weight is 377 g/mol. The third kappa shape index (κ3) is 3.14. The van der Waals surface area contributed by atoms with Crippen LogP contribution in [0.3, 0.4) is 0 Å². The van der Waals surface area contributed by atoms with E-state index in [9.17, 15) is 9.18 Å². The third-order valence-corrected chi connectivity index (χ3v) is 4.11. The Morgan fingerprint density at radius 3 is 2.60 bits per heavy atom. The summed E-state index contributed by atoms with van der Waals surface area (Å²) < 4.78 is 13.4. The Bertz CT molecular complexity index is 691. The van der Waals surface area contributed by atoms with E-state index in [1.807, 2.05) is 6.92 Å². The summed E-state index contributed by atoms with van der Waals surface area (Å²) in [6.45, 7) is 1.81. The highest BCUT2D eigenvalue weighted by atomic mass is 79.9. The van der Waals surface area contributed by atoms with Crippen LogP contribution in [0.2, 0.25) is 10.0 Å². The van der Waals surface area contributed by atoms with Crippen LogP contribution in [-0.2, 0) is 0 Å². The Morgan fingerprint density at radius 2 is 1.95 bits per heavy atom. The second-order valence-corrected chi connectivity index (χ2v) is 5.78. The molecular weight excluding hydrogens is 368 g/mol. The summed E-state index contributed by atoms with van der Waals surface area (Å²) in [6, 6.07) is 7.39. The number of hydrogen-bond acceptors (Lipinski definition) is 1. The molecule has 0 aliphatic rings. The topological polar surface area (TPSA) is 29.1 Å². The maximum atomic E-state index is 13.1. The number of halogens is 4. The number of benzene rings is 2. The lowest BCUT2D eigenvalue weighted by Gasteiger charge is -2.11. The van der Waals surface area contributed by atoms with E-state index in [1.54, 1.807) is 12.1 Å². The lowest BCUT2D eigenvalue weighted by Crippen LogP contribution is -2.13. The SMILES string of the molecule is Cc1ccc(Cl)c(NC(=O)c2ccc(F)c(Br)c2)c1Cl. The first kappa shape index (κ1) is 15.3. The molecular formula is C14H9BrCl2FNO. The van der Waals surface area contributed by atoms with Crippen molar-refractivity contribution in [2.75, 3.05) is 5.32 Å². The van der Waals surface area contributed by atoms with Gasteiger partial charge < -0.3 is 5.32 Å². The summed E-state index contributed by atoms with van der Waals surface area (Å²) in [6.07, 6.45) is 0. The molecule has 20 heavy (non-hydrogen) atoms. The molecule has 0 saturated heterocycles. The Morgan fingerprint density at radius 1 is 1.25 bits per heavy atom. The van der Waals surface area contributed by atoms with Crippen molar-refractivity contribution in [2.24, 2.45) is 0 Å². The van der Waals surface area contributed by atoms with Gasteiger partial charge in [0.15, 0.2) is 0 Å². The largest absolute Gasteiger partial charge is 0.319 e. The second kappa shape index (κ2) is 6.12. The molecule has 0 heterocycles. The van der Waals surface area contributed by atoms with Crippen LogP contribution in [0.15, 0.2) is 34.8 Å². The maximum Gasteiger partial charge on any atom is 0.255 e. The van der Waals surface area contributed by atoms with Crippen LogP contribution in [0.5, 0.6) is 0 Å². The zero-order valence-corrected chi connectivity index (χ0v) is 13.4. The number of amides is 1. The van der Waals surface area contributed by atoms with Gasteiger partial charge in [0.2, 0.25) is 0 Å². The molecule has 2 nitrogen and oxygen atoms in total. The average Bonchev–Trinajstić information content (AvgIpc) is 2.42. The summed E-state index contributed by atoms with van der Waals surface area (Å²) in [4.78, 5) is 12.1. The van der Waals surface area contributed by atoms with Crippen molar-refractivity contribution < 1.29 is 9.18 Å². The number of nitrogens with one attached hydrogen (secondary N) is 1. The van der Waals surface area contributed by atoms with Crippen LogP contribution in [-0.4, -0.2) is 5.91 Å². The van der Waals surface area contributed by atoms with E-state index in [0.717, 1.165) is 5.56 Å². The third-order valence-electron chi connectivity index (χ3n) is 2.70. The molecule has 2 aromatic rings. The Hall–Kier alpha value is -1.10. The van der Waals surface area contributed by atoms with E-state index in [-0.39, 0.29) is 4.47 Å². The molecule has 104 valence electrons. The van der Waals surface area contributed by atoms with Gasteiger partial charge in [-0.2, -0.15) is 0 Å². The predicted molar refractivity (Wildman–Crippen MR) is 83.3 cm³/mol. The quantitative estimate of drug-likeness (QED) is 0.741. The molecule has 1 N–H and O–H groups in total. The van der Waals surface area contributed by atoms with Gasteiger partial charge in [0.05, 0.1) is 20.2 Å². The summed E-state index contributed by atoms with van der Waals surface area (Å²) in [5.74, 6) is -0.853. The van der Waals surface area contributed by atoms with Crippen molar-refractivity contribution in [3.05, 3.63) is 61.8 Å². The molecule has 0 aliphatic heterocycles. The lowest BCUT2D eigenvalue weighted by molar-refractivity contribution is 0.102. The van der Waals surface area contributed by atoms with Gasteiger partial charge in [-0.05, 0) is 52.7 Å². The van der Waals surface area contributed by atoms with Crippen LogP contribution in [0.1, 0.15) is 15.9 Å². The first-order valence-electron chi connectivity index (χ1n) is 5.61. The van der Waals surface area contributed by atoms with E-state index in [2.05, 4.69) is 21.2 Å². The Kier molecular flexibility index (Phi) is 4.68. The van der Waals surface area contributed by atoms with Crippen LogP contribution in [0.25, 0.3) is 0 Å². The van der Waals surface area contributed by atoms with Crippen molar-refractivity contribution >= 4 is 50.7 Å². The summed E-state index contributed by atoms with van der Waals surface area (Å²) >= 11 is 15.2. The molecule has 2 rings (SSSR count). The molecule has 0 unspecified atom stereocenters. The van der Waals surface area contributed by atoms with Gasteiger partial charge in [-0.3, -0.25) is 4.79 Å². The van der Waals surface area contributed by atoms with Gasteiger partial charge >= 0.3 is 0 Å². The van der Waals surface area contributed by atoms with E-state index in [0.29, 0.717) is 21.3 Å².